The molecule has 0 bridgehead atoms. The van der Waals surface area contributed by atoms with Crippen LogP contribution in [-0.4, -0.2) is 25.0 Å². The van der Waals surface area contributed by atoms with Crippen molar-refractivity contribution in [2.24, 2.45) is 11.5 Å². The second-order valence-electron chi connectivity index (χ2n) is 5.71. The highest BCUT2D eigenvalue weighted by molar-refractivity contribution is 5.83. The van der Waals surface area contributed by atoms with Crippen molar-refractivity contribution < 1.29 is 9.59 Å². The van der Waals surface area contributed by atoms with E-state index in [0.29, 0.717) is 32.4 Å². The molecule has 128 valence electrons. The van der Waals surface area contributed by atoms with Crippen LogP contribution in [0.15, 0.2) is 42.5 Å². The second-order valence-corrected chi connectivity index (χ2v) is 5.71. The molecule has 1 atom stereocenters. The Labute approximate surface area is 141 Å². The summed E-state index contributed by atoms with van der Waals surface area (Å²) >= 11 is 0. The van der Waals surface area contributed by atoms with E-state index >= 15 is 0 Å². The predicted molar refractivity (Wildman–Crippen MR) is 95.3 cm³/mol. The summed E-state index contributed by atoms with van der Waals surface area (Å²) in [6.45, 7) is 0.820. The summed E-state index contributed by atoms with van der Waals surface area (Å²) in [5, 5.41) is 7.76. The Morgan fingerprint density at radius 1 is 1.04 bits per heavy atom. The van der Waals surface area contributed by atoms with E-state index in [1.165, 1.54) is 0 Å². The third-order valence-corrected chi connectivity index (χ3v) is 3.88. The largest absolute Gasteiger partial charge is 0.352 e. The minimum atomic E-state index is -0.543. The molecule has 0 aliphatic rings. The molecule has 6 N–H and O–H groups in total. The number of nitrogens with two attached hydrogens (primary N) is 2. The van der Waals surface area contributed by atoms with E-state index in [9.17, 15) is 9.59 Å². The lowest BCUT2D eigenvalue weighted by Crippen LogP contribution is -2.33. The van der Waals surface area contributed by atoms with Gasteiger partial charge in [0, 0.05) is 19.5 Å². The second kappa shape index (κ2) is 8.88. The maximum Gasteiger partial charge on any atom is 0.312 e. The van der Waals surface area contributed by atoms with Crippen molar-refractivity contribution in [3.05, 3.63) is 48.0 Å². The van der Waals surface area contributed by atoms with E-state index in [-0.39, 0.29) is 11.9 Å². The highest BCUT2D eigenvalue weighted by Gasteiger charge is 2.13. The van der Waals surface area contributed by atoms with Crippen molar-refractivity contribution in [2.45, 2.75) is 25.3 Å². The first-order chi connectivity index (χ1) is 11.6. The average Bonchev–Trinajstić information content (AvgIpc) is 2.58. The standard InChI is InChI=1S/C18H24N4O2/c19-12-16(22-17(23)7-3-4-10-21-18(20)24)15-9-8-13-5-1-2-6-14(13)11-15/h1-2,5-6,8-9,11,16H,3-4,7,10,12,19H2,(H,22,23)(H3,20,21,24). The lowest BCUT2D eigenvalue weighted by Gasteiger charge is -2.18. The van der Waals surface area contributed by atoms with E-state index < -0.39 is 6.03 Å². The van der Waals surface area contributed by atoms with Gasteiger partial charge in [-0.05, 0) is 35.2 Å². The minimum absolute atomic E-state index is 0.0438. The Morgan fingerprint density at radius 2 is 1.79 bits per heavy atom. The summed E-state index contributed by atoms with van der Waals surface area (Å²) in [6.07, 6.45) is 1.78. The molecular weight excluding hydrogens is 304 g/mol. The molecule has 3 amide bonds. The predicted octanol–water partition coefficient (Wildman–Crippen LogP) is 1.79. The Balaban J connectivity index is 1.88. The molecule has 1 unspecified atom stereocenters. The summed E-state index contributed by atoms with van der Waals surface area (Å²) in [7, 11) is 0. The van der Waals surface area contributed by atoms with Crippen molar-refractivity contribution in [1.29, 1.82) is 0 Å². The average molecular weight is 328 g/mol. The van der Waals surface area contributed by atoms with Crippen LogP contribution in [0.3, 0.4) is 0 Å². The van der Waals surface area contributed by atoms with Crippen molar-refractivity contribution in [3.63, 3.8) is 0 Å². The van der Waals surface area contributed by atoms with Crippen LogP contribution in [0.1, 0.15) is 30.9 Å². The Kier molecular flexibility index (Phi) is 6.57. The van der Waals surface area contributed by atoms with Crippen molar-refractivity contribution in [3.8, 4) is 0 Å². The van der Waals surface area contributed by atoms with E-state index in [1.807, 2.05) is 30.3 Å². The fourth-order valence-corrected chi connectivity index (χ4v) is 2.59. The zero-order valence-corrected chi connectivity index (χ0v) is 13.6. The zero-order chi connectivity index (χ0) is 17.4. The highest BCUT2D eigenvalue weighted by atomic mass is 16.2. The van der Waals surface area contributed by atoms with E-state index in [2.05, 4.69) is 22.8 Å². The van der Waals surface area contributed by atoms with Crippen LogP contribution in [0.5, 0.6) is 0 Å². The number of benzene rings is 2. The van der Waals surface area contributed by atoms with Gasteiger partial charge in [-0.25, -0.2) is 4.79 Å². The number of hydrogen-bond acceptors (Lipinski definition) is 3. The molecule has 0 aliphatic carbocycles. The first-order valence-corrected chi connectivity index (χ1v) is 8.11. The van der Waals surface area contributed by atoms with Gasteiger partial charge in [0.2, 0.25) is 5.91 Å². The number of unbranched alkanes of at least 4 members (excludes halogenated alkanes) is 1. The van der Waals surface area contributed by atoms with Crippen molar-refractivity contribution in [1.82, 2.24) is 10.6 Å². The Bertz CT molecular complexity index is 702. The van der Waals surface area contributed by atoms with Gasteiger partial charge < -0.3 is 22.1 Å². The van der Waals surface area contributed by atoms with E-state index in [0.717, 1.165) is 16.3 Å². The van der Waals surface area contributed by atoms with Crippen LogP contribution in [0, 0.1) is 0 Å². The molecule has 2 aromatic rings. The molecule has 24 heavy (non-hydrogen) atoms. The van der Waals surface area contributed by atoms with Gasteiger partial charge in [-0.15, -0.1) is 0 Å². The van der Waals surface area contributed by atoms with Gasteiger partial charge in [-0.3, -0.25) is 4.79 Å². The smallest absolute Gasteiger partial charge is 0.312 e. The van der Waals surface area contributed by atoms with Gasteiger partial charge in [0.1, 0.15) is 0 Å². The normalized spacial score (nSPS) is 11.9. The molecule has 0 aliphatic heterocycles. The fourth-order valence-electron chi connectivity index (χ4n) is 2.59. The van der Waals surface area contributed by atoms with Gasteiger partial charge in [-0.1, -0.05) is 36.4 Å². The maximum atomic E-state index is 12.1. The summed E-state index contributed by atoms with van der Waals surface area (Å²) in [5.41, 5.74) is 11.8. The number of amides is 3. The molecule has 0 fully saturated rings. The van der Waals surface area contributed by atoms with Crippen LogP contribution in [0.25, 0.3) is 10.8 Å². The maximum absolute atomic E-state index is 12.1. The first kappa shape index (κ1) is 17.7. The molecule has 0 aromatic heterocycles. The molecule has 2 rings (SSSR count). The number of primary amides is 1. The topological polar surface area (TPSA) is 110 Å². The third kappa shape index (κ3) is 5.24. The SMILES string of the molecule is NCC(NC(=O)CCCCNC(N)=O)c1ccc2ccccc2c1. The zero-order valence-electron chi connectivity index (χ0n) is 13.6. The summed E-state index contributed by atoms with van der Waals surface area (Å²) in [6, 6.07) is 13.4. The lowest BCUT2D eigenvalue weighted by molar-refractivity contribution is -0.121. The van der Waals surface area contributed by atoms with Gasteiger partial charge in [-0.2, -0.15) is 0 Å². The first-order valence-electron chi connectivity index (χ1n) is 8.11. The van der Waals surface area contributed by atoms with Gasteiger partial charge >= 0.3 is 6.03 Å². The minimum Gasteiger partial charge on any atom is -0.352 e. The number of carbonyl (C=O) groups excluding carboxylic acids is 2. The number of urea groups is 1. The lowest BCUT2D eigenvalue weighted by atomic mass is 10.0. The van der Waals surface area contributed by atoms with Gasteiger partial charge in [0.15, 0.2) is 0 Å². The van der Waals surface area contributed by atoms with Crippen LogP contribution < -0.4 is 22.1 Å². The molecule has 0 saturated heterocycles. The van der Waals surface area contributed by atoms with E-state index in [4.69, 9.17) is 11.5 Å². The fraction of sp³-hybridized carbons (Fsp3) is 0.333. The summed E-state index contributed by atoms with van der Waals surface area (Å²) < 4.78 is 0. The van der Waals surface area contributed by atoms with Crippen LogP contribution in [0.2, 0.25) is 0 Å². The van der Waals surface area contributed by atoms with Crippen LogP contribution >= 0.6 is 0 Å². The molecule has 0 spiro atoms. The van der Waals surface area contributed by atoms with Crippen molar-refractivity contribution in [2.75, 3.05) is 13.1 Å². The molecule has 0 radical (unpaired) electrons. The molecule has 2 aromatic carbocycles. The van der Waals surface area contributed by atoms with Gasteiger partial charge in [0.05, 0.1) is 6.04 Å². The number of nitrogens with one attached hydrogen (secondary N) is 2. The number of fused-ring (bicyclic) bond motifs is 1. The molecule has 0 saturated carbocycles. The molecule has 6 nitrogen and oxygen atoms in total. The van der Waals surface area contributed by atoms with Crippen molar-refractivity contribution >= 4 is 22.7 Å². The highest BCUT2D eigenvalue weighted by Crippen LogP contribution is 2.20. The molecule has 0 heterocycles. The van der Waals surface area contributed by atoms with E-state index in [1.54, 1.807) is 0 Å². The molecular formula is C18H24N4O2. The Morgan fingerprint density at radius 3 is 2.50 bits per heavy atom. The van der Waals surface area contributed by atoms with Crippen LogP contribution in [-0.2, 0) is 4.79 Å². The number of rotatable bonds is 8. The number of hydrogen-bond donors (Lipinski definition) is 4. The Hall–Kier alpha value is -2.60. The van der Waals surface area contributed by atoms with Crippen LogP contribution in [0.4, 0.5) is 4.79 Å². The summed E-state index contributed by atoms with van der Waals surface area (Å²) in [4.78, 5) is 22.6. The number of carbonyl (C=O) groups is 2. The third-order valence-electron chi connectivity index (χ3n) is 3.88. The monoisotopic (exact) mass is 328 g/mol. The van der Waals surface area contributed by atoms with Gasteiger partial charge in [0.25, 0.3) is 0 Å². The quantitative estimate of drug-likeness (QED) is 0.554. The summed E-state index contributed by atoms with van der Waals surface area (Å²) in [5.74, 6) is -0.0438. The molecule has 6 heteroatoms.